The lowest BCUT2D eigenvalue weighted by Crippen LogP contribution is -2.34. The number of amidine groups is 1. The van der Waals surface area contributed by atoms with Gasteiger partial charge in [0.05, 0.1) is 11.8 Å². The molecule has 0 atom stereocenters. The van der Waals surface area contributed by atoms with Gasteiger partial charge in [-0.3, -0.25) is 14.5 Å². The highest BCUT2D eigenvalue weighted by molar-refractivity contribution is 6.14. The van der Waals surface area contributed by atoms with E-state index in [9.17, 15) is 4.79 Å². The van der Waals surface area contributed by atoms with Crippen LogP contribution >= 0.6 is 0 Å². The lowest BCUT2D eigenvalue weighted by Gasteiger charge is -2.07. The standard InChI is InChI=1S/C9H12N4O/c1-9(2)8(14)11-7(12-9)6-4-10-13(3)5-6/h4-5H,1-3H3,(H,11,12,14). The van der Waals surface area contributed by atoms with Gasteiger partial charge in [-0.2, -0.15) is 5.10 Å². The first-order chi connectivity index (χ1) is 6.49. The Kier molecular flexibility index (Phi) is 1.70. The van der Waals surface area contributed by atoms with E-state index in [4.69, 9.17) is 0 Å². The zero-order valence-corrected chi connectivity index (χ0v) is 8.40. The van der Waals surface area contributed by atoms with Crippen LogP contribution in [0.2, 0.25) is 0 Å². The summed E-state index contributed by atoms with van der Waals surface area (Å²) >= 11 is 0. The second kappa shape index (κ2) is 2.67. The number of amides is 1. The zero-order chi connectivity index (χ0) is 10.3. The molecule has 1 aliphatic heterocycles. The first-order valence-electron chi connectivity index (χ1n) is 4.39. The minimum atomic E-state index is -0.662. The minimum absolute atomic E-state index is 0.0728. The molecule has 1 aliphatic rings. The van der Waals surface area contributed by atoms with Gasteiger partial charge in [0.15, 0.2) is 0 Å². The Bertz CT molecular complexity index is 416. The van der Waals surface area contributed by atoms with Gasteiger partial charge in [-0.25, -0.2) is 0 Å². The third kappa shape index (κ3) is 1.30. The van der Waals surface area contributed by atoms with E-state index < -0.39 is 5.54 Å². The van der Waals surface area contributed by atoms with Gasteiger partial charge in [-0.15, -0.1) is 0 Å². The van der Waals surface area contributed by atoms with Gasteiger partial charge in [0, 0.05) is 13.2 Å². The predicted molar refractivity (Wildman–Crippen MR) is 52.0 cm³/mol. The maximum atomic E-state index is 11.4. The molecule has 1 N–H and O–H groups in total. The van der Waals surface area contributed by atoms with Gasteiger partial charge < -0.3 is 5.32 Å². The Morgan fingerprint density at radius 3 is 2.64 bits per heavy atom. The number of rotatable bonds is 1. The summed E-state index contributed by atoms with van der Waals surface area (Å²) in [4.78, 5) is 15.7. The number of carbonyl (C=O) groups is 1. The van der Waals surface area contributed by atoms with Crippen LogP contribution < -0.4 is 5.32 Å². The lowest BCUT2D eigenvalue weighted by molar-refractivity contribution is -0.122. The monoisotopic (exact) mass is 192 g/mol. The van der Waals surface area contributed by atoms with Crippen molar-refractivity contribution in [2.45, 2.75) is 19.4 Å². The molecule has 1 aromatic rings. The number of hydrogen-bond acceptors (Lipinski definition) is 3. The van der Waals surface area contributed by atoms with Crippen LogP contribution in [0.1, 0.15) is 19.4 Å². The number of nitrogens with zero attached hydrogens (tertiary/aromatic N) is 3. The summed E-state index contributed by atoms with van der Waals surface area (Å²) < 4.78 is 1.68. The number of nitrogens with one attached hydrogen (secondary N) is 1. The van der Waals surface area contributed by atoms with Gasteiger partial charge in [0.25, 0.3) is 5.91 Å². The summed E-state index contributed by atoms with van der Waals surface area (Å²) in [6.07, 6.45) is 3.50. The second-order valence-corrected chi connectivity index (χ2v) is 3.88. The zero-order valence-electron chi connectivity index (χ0n) is 8.40. The van der Waals surface area contributed by atoms with Crippen molar-refractivity contribution in [2.75, 3.05) is 0 Å². The van der Waals surface area contributed by atoms with E-state index in [1.165, 1.54) is 0 Å². The van der Waals surface area contributed by atoms with Crippen LogP contribution in [0.25, 0.3) is 0 Å². The van der Waals surface area contributed by atoms with Crippen LogP contribution in [-0.2, 0) is 11.8 Å². The van der Waals surface area contributed by atoms with Crippen molar-refractivity contribution in [1.82, 2.24) is 15.1 Å². The molecule has 0 saturated carbocycles. The summed E-state index contributed by atoms with van der Waals surface area (Å²) in [5, 5.41) is 6.75. The fourth-order valence-electron chi connectivity index (χ4n) is 1.30. The average molecular weight is 192 g/mol. The molecule has 1 aromatic heterocycles. The van der Waals surface area contributed by atoms with Crippen LogP contribution in [0.4, 0.5) is 0 Å². The van der Waals surface area contributed by atoms with Crippen molar-refractivity contribution in [3.63, 3.8) is 0 Å². The summed E-state index contributed by atoms with van der Waals surface area (Å²) in [6.45, 7) is 3.57. The maximum absolute atomic E-state index is 11.4. The molecule has 5 heteroatoms. The molecule has 0 bridgehead atoms. The molecule has 5 nitrogen and oxygen atoms in total. The van der Waals surface area contributed by atoms with Crippen molar-refractivity contribution in [2.24, 2.45) is 12.0 Å². The molecule has 0 saturated heterocycles. The Hall–Kier alpha value is -1.65. The SMILES string of the molecule is Cn1cc(C2=NC(C)(C)C(=O)N2)cn1. The number of carbonyl (C=O) groups excluding carboxylic acids is 1. The van der Waals surface area contributed by atoms with Crippen LogP contribution in [0.5, 0.6) is 0 Å². The molecule has 0 aromatic carbocycles. The maximum Gasteiger partial charge on any atom is 0.252 e. The largest absolute Gasteiger partial charge is 0.308 e. The smallest absolute Gasteiger partial charge is 0.252 e. The van der Waals surface area contributed by atoms with E-state index in [1.807, 2.05) is 13.2 Å². The van der Waals surface area contributed by atoms with Crippen molar-refractivity contribution in [3.8, 4) is 0 Å². The van der Waals surface area contributed by atoms with Gasteiger partial charge >= 0.3 is 0 Å². The lowest BCUT2D eigenvalue weighted by atomic mass is 10.1. The molecule has 2 rings (SSSR count). The fourth-order valence-corrected chi connectivity index (χ4v) is 1.30. The van der Waals surface area contributed by atoms with E-state index in [1.54, 1.807) is 24.7 Å². The molecule has 2 heterocycles. The number of aliphatic imine (C=N–C) groups is 1. The van der Waals surface area contributed by atoms with Gasteiger partial charge in [-0.1, -0.05) is 0 Å². The highest BCUT2D eigenvalue weighted by atomic mass is 16.2. The minimum Gasteiger partial charge on any atom is -0.308 e. The fraction of sp³-hybridized carbons (Fsp3) is 0.444. The van der Waals surface area contributed by atoms with Crippen molar-refractivity contribution in [3.05, 3.63) is 18.0 Å². The highest BCUT2D eigenvalue weighted by Gasteiger charge is 2.34. The molecular formula is C9H12N4O. The first-order valence-corrected chi connectivity index (χ1v) is 4.39. The van der Waals surface area contributed by atoms with Crippen molar-refractivity contribution in [1.29, 1.82) is 0 Å². The van der Waals surface area contributed by atoms with E-state index >= 15 is 0 Å². The third-order valence-corrected chi connectivity index (χ3v) is 2.16. The van der Waals surface area contributed by atoms with Crippen LogP contribution in [0.15, 0.2) is 17.4 Å². The molecule has 0 aliphatic carbocycles. The van der Waals surface area contributed by atoms with Gasteiger partial charge in [-0.05, 0) is 13.8 Å². The quantitative estimate of drug-likeness (QED) is 0.684. The molecule has 0 radical (unpaired) electrons. The predicted octanol–water partition coefficient (Wildman–Crippen LogP) is 0.0751. The van der Waals surface area contributed by atoms with Crippen LogP contribution in [-0.4, -0.2) is 27.1 Å². The molecule has 74 valence electrons. The summed E-state index contributed by atoms with van der Waals surface area (Å²) in [6, 6.07) is 0. The molecule has 1 amide bonds. The molecule has 0 fully saturated rings. The number of aryl methyl sites for hydroxylation is 1. The topological polar surface area (TPSA) is 59.3 Å². The Balaban J connectivity index is 2.35. The Morgan fingerprint density at radius 2 is 2.21 bits per heavy atom. The van der Waals surface area contributed by atoms with E-state index in [0.717, 1.165) is 5.56 Å². The van der Waals surface area contributed by atoms with E-state index in [0.29, 0.717) is 5.84 Å². The van der Waals surface area contributed by atoms with Gasteiger partial charge in [0.1, 0.15) is 11.4 Å². The van der Waals surface area contributed by atoms with Crippen LogP contribution in [0, 0.1) is 0 Å². The molecule has 0 spiro atoms. The number of hydrogen-bond donors (Lipinski definition) is 1. The van der Waals surface area contributed by atoms with Crippen LogP contribution in [0.3, 0.4) is 0 Å². The van der Waals surface area contributed by atoms with Crippen molar-refractivity contribution < 1.29 is 4.79 Å². The summed E-state index contributed by atoms with van der Waals surface area (Å²) in [5.41, 5.74) is 0.178. The summed E-state index contributed by atoms with van der Waals surface area (Å²) in [7, 11) is 1.83. The number of aromatic nitrogens is 2. The van der Waals surface area contributed by atoms with Gasteiger partial charge in [0.2, 0.25) is 0 Å². The average Bonchev–Trinajstić information content (AvgIpc) is 2.58. The Morgan fingerprint density at radius 1 is 1.50 bits per heavy atom. The third-order valence-electron chi connectivity index (χ3n) is 2.16. The molecular weight excluding hydrogens is 180 g/mol. The highest BCUT2D eigenvalue weighted by Crippen LogP contribution is 2.17. The summed E-state index contributed by atoms with van der Waals surface area (Å²) in [5.74, 6) is 0.532. The Labute approximate surface area is 81.8 Å². The first kappa shape index (κ1) is 8.93. The van der Waals surface area contributed by atoms with Crippen molar-refractivity contribution >= 4 is 11.7 Å². The van der Waals surface area contributed by atoms with E-state index in [-0.39, 0.29) is 5.91 Å². The molecule has 0 unspecified atom stereocenters. The van der Waals surface area contributed by atoms with E-state index in [2.05, 4.69) is 15.4 Å². The molecule has 14 heavy (non-hydrogen) atoms. The normalized spacial score (nSPS) is 19.4. The second-order valence-electron chi connectivity index (χ2n) is 3.88.